The van der Waals surface area contributed by atoms with E-state index in [1.165, 1.54) is 25.9 Å². The van der Waals surface area contributed by atoms with Crippen molar-refractivity contribution in [3.8, 4) is 0 Å². The van der Waals surface area contributed by atoms with E-state index in [-0.39, 0.29) is 6.04 Å². The van der Waals surface area contributed by atoms with Gasteiger partial charge in [-0.15, -0.1) is 0 Å². The third-order valence-electron chi connectivity index (χ3n) is 4.27. The number of carbonyl (C=O) groups excluding carboxylic acids is 1. The van der Waals surface area contributed by atoms with E-state index in [1.807, 2.05) is 6.92 Å². The minimum atomic E-state index is 0.118. The number of likely N-dealkylation sites (N-methyl/N-ethyl adjacent to an activating group) is 1. The van der Waals surface area contributed by atoms with Crippen molar-refractivity contribution in [1.82, 2.24) is 14.7 Å². The largest absolute Gasteiger partial charge is 0.385 e. The van der Waals surface area contributed by atoms with Crippen molar-refractivity contribution in [2.45, 2.75) is 31.8 Å². The van der Waals surface area contributed by atoms with Crippen LogP contribution in [0, 0.1) is 0 Å². The molecular formula is C15H31N3O2. The second-order valence-electron chi connectivity index (χ2n) is 5.82. The van der Waals surface area contributed by atoms with Crippen LogP contribution in [0.4, 0.5) is 0 Å². The normalized spacial score (nSPS) is 26.9. The number of ether oxygens (including phenoxy) is 1. The molecule has 0 aromatic rings. The highest BCUT2D eigenvalue weighted by Gasteiger charge is 2.31. The van der Waals surface area contributed by atoms with Gasteiger partial charge in [0.15, 0.2) is 0 Å². The predicted octanol–water partition coefficient (Wildman–Crippen LogP) is 0.548. The van der Waals surface area contributed by atoms with E-state index < -0.39 is 0 Å². The molecule has 5 heteroatoms. The highest BCUT2D eigenvalue weighted by Crippen LogP contribution is 2.19. The van der Waals surface area contributed by atoms with Gasteiger partial charge in [-0.25, -0.2) is 0 Å². The maximum absolute atomic E-state index is 11.1. The van der Waals surface area contributed by atoms with Gasteiger partial charge in [0.25, 0.3) is 0 Å². The number of methoxy groups -OCH3 is 1. The molecule has 0 aliphatic carbocycles. The molecule has 1 unspecified atom stereocenters. The second-order valence-corrected chi connectivity index (χ2v) is 5.82. The van der Waals surface area contributed by atoms with Crippen LogP contribution >= 0.6 is 0 Å². The summed E-state index contributed by atoms with van der Waals surface area (Å²) in [7, 11) is 5.96. The molecule has 2 fully saturated rings. The molecule has 0 radical (unpaired) electrons. The number of carbonyl (C=O) groups is 1. The van der Waals surface area contributed by atoms with Gasteiger partial charge in [0.2, 0.25) is 0 Å². The van der Waals surface area contributed by atoms with Gasteiger partial charge in [-0.05, 0) is 47.0 Å². The standard InChI is InChI=1S/C12H23N3O.C3H8O/c1-13-5-3-11(4-6-13)15-8-7-14(2)9-12(15)10-16;1-3-4-2/h10-12H,3-9H2,1-2H3;3H2,1-2H3. The monoisotopic (exact) mass is 285 g/mol. The molecule has 0 aromatic heterocycles. The SMILES string of the molecule is CCOC.CN1CCC(N2CCN(C)CC2C=O)CC1. The number of aldehydes is 1. The van der Waals surface area contributed by atoms with Crippen LogP contribution in [0.25, 0.3) is 0 Å². The quantitative estimate of drug-likeness (QED) is 0.708. The van der Waals surface area contributed by atoms with Crippen LogP contribution in [0.15, 0.2) is 0 Å². The van der Waals surface area contributed by atoms with Crippen LogP contribution in [0.2, 0.25) is 0 Å². The average molecular weight is 285 g/mol. The zero-order chi connectivity index (χ0) is 15.0. The first-order chi connectivity index (χ1) is 9.62. The first kappa shape index (κ1) is 17.6. The molecular weight excluding hydrogens is 254 g/mol. The molecule has 2 saturated heterocycles. The maximum atomic E-state index is 11.1. The summed E-state index contributed by atoms with van der Waals surface area (Å²) in [6, 6.07) is 0.743. The van der Waals surface area contributed by atoms with Crippen LogP contribution in [0.3, 0.4) is 0 Å². The third kappa shape index (κ3) is 5.48. The lowest BCUT2D eigenvalue weighted by Crippen LogP contribution is -2.58. The molecule has 2 aliphatic heterocycles. The van der Waals surface area contributed by atoms with Crippen molar-refractivity contribution in [2.24, 2.45) is 0 Å². The Bertz CT molecular complexity index is 266. The fraction of sp³-hybridized carbons (Fsp3) is 0.933. The fourth-order valence-electron chi connectivity index (χ4n) is 2.87. The van der Waals surface area contributed by atoms with Crippen molar-refractivity contribution in [2.75, 3.05) is 60.5 Å². The van der Waals surface area contributed by atoms with Crippen molar-refractivity contribution in [3.63, 3.8) is 0 Å². The van der Waals surface area contributed by atoms with Gasteiger partial charge in [-0.3, -0.25) is 4.90 Å². The van der Waals surface area contributed by atoms with Crippen molar-refractivity contribution < 1.29 is 9.53 Å². The molecule has 2 heterocycles. The summed E-state index contributed by atoms with van der Waals surface area (Å²) in [5.41, 5.74) is 0. The van der Waals surface area contributed by atoms with Crippen LogP contribution in [0.5, 0.6) is 0 Å². The van der Waals surface area contributed by atoms with Crippen LogP contribution < -0.4 is 0 Å². The number of rotatable bonds is 3. The minimum Gasteiger partial charge on any atom is -0.385 e. The lowest BCUT2D eigenvalue weighted by atomic mass is 10.0. The molecule has 2 aliphatic rings. The minimum absolute atomic E-state index is 0.118. The number of nitrogens with zero attached hydrogens (tertiary/aromatic N) is 3. The highest BCUT2D eigenvalue weighted by atomic mass is 16.5. The lowest BCUT2D eigenvalue weighted by Gasteiger charge is -2.44. The Kier molecular flexibility index (Phi) is 8.30. The number of piperazine rings is 1. The average Bonchev–Trinajstić information content (AvgIpc) is 2.48. The van der Waals surface area contributed by atoms with Gasteiger partial charge >= 0.3 is 0 Å². The van der Waals surface area contributed by atoms with Crippen molar-refractivity contribution in [3.05, 3.63) is 0 Å². The van der Waals surface area contributed by atoms with E-state index in [1.54, 1.807) is 7.11 Å². The molecule has 0 amide bonds. The topological polar surface area (TPSA) is 36.0 Å². The first-order valence-electron chi connectivity index (χ1n) is 7.69. The summed E-state index contributed by atoms with van der Waals surface area (Å²) in [5.74, 6) is 0. The number of likely N-dealkylation sites (tertiary alicyclic amines) is 1. The Labute approximate surface area is 123 Å². The lowest BCUT2D eigenvalue weighted by molar-refractivity contribution is -0.116. The Morgan fingerprint density at radius 3 is 2.20 bits per heavy atom. The molecule has 0 saturated carbocycles. The molecule has 0 N–H and O–H groups in total. The molecule has 0 bridgehead atoms. The maximum Gasteiger partial charge on any atom is 0.138 e. The van der Waals surface area contributed by atoms with Crippen molar-refractivity contribution in [1.29, 1.82) is 0 Å². The van der Waals surface area contributed by atoms with Gasteiger partial charge in [0, 0.05) is 39.4 Å². The second kappa shape index (κ2) is 9.45. The van der Waals surface area contributed by atoms with E-state index >= 15 is 0 Å². The van der Waals surface area contributed by atoms with Gasteiger partial charge in [0.1, 0.15) is 6.29 Å². The van der Waals surface area contributed by atoms with E-state index in [9.17, 15) is 4.79 Å². The molecule has 0 spiro atoms. The summed E-state index contributed by atoms with van der Waals surface area (Å²) < 4.78 is 4.54. The van der Waals surface area contributed by atoms with E-state index in [0.717, 1.165) is 32.5 Å². The molecule has 0 aromatic carbocycles. The van der Waals surface area contributed by atoms with Gasteiger partial charge in [-0.1, -0.05) is 0 Å². The molecule has 118 valence electrons. The number of hydrogen-bond donors (Lipinski definition) is 0. The summed E-state index contributed by atoms with van der Waals surface area (Å²) in [4.78, 5) is 18.2. The van der Waals surface area contributed by atoms with E-state index in [4.69, 9.17) is 0 Å². The van der Waals surface area contributed by atoms with Gasteiger partial charge < -0.3 is 19.3 Å². The third-order valence-corrected chi connectivity index (χ3v) is 4.27. The summed E-state index contributed by atoms with van der Waals surface area (Å²) in [5, 5.41) is 0. The Balaban J connectivity index is 0.000000444. The molecule has 2 rings (SSSR count). The number of hydrogen-bond acceptors (Lipinski definition) is 5. The number of piperidine rings is 1. The van der Waals surface area contributed by atoms with Crippen molar-refractivity contribution >= 4 is 6.29 Å². The summed E-state index contributed by atoms with van der Waals surface area (Å²) >= 11 is 0. The van der Waals surface area contributed by atoms with Crippen LogP contribution in [-0.2, 0) is 9.53 Å². The predicted molar refractivity (Wildman–Crippen MR) is 82.1 cm³/mol. The smallest absolute Gasteiger partial charge is 0.138 e. The van der Waals surface area contributed by atoms with Gasteiger partial charge in [0.05, 0.1) is 6.04 Å². The fourth-order valence-corrected chi connectivity index (χ4v) is 2.87. The summed E-state index contributed by atoms with van der Waals surface area (Å²) in [6.07, 6.45) is 3.56. The Morgan fingerprint density at radius 1 is 1.10 bits per heavy atom. The summed E-state index contributed by atoms with van der Waals surface area (Å²) in [6.45, 7) is 8.16. The zero-order valence-corrected chi connectivity index (χ0v) is 13.5. The molecule has 20 heavy (non-hydrogen) atoms. The highest BCUT2D eigenvalue weighted by molar-refractivity contribution is 5.58. The zero-order valence-electron chi connectivity index (χ0n) is 13.5. The Morgan fingerprint density at radius 2 is 1.70 bits per heavy atom. The van der Waals surface area contributed by atoms with E-state index in [2.05, 4.69) is 33.5 Å². The van der Waals surface area contributed by atoms with E-state index in [0.29, 0.717) is 6.04 Å². The van der Waals surface area contributed by atoms with Crippen LogP contribution in [0.1, 0.15) is 19.8 Å². The molecule has 5 nitrogen and oxygen atoms in total. The Hall–Kier alpha value is -0.490. The first-order valence-corrected chi connectivity index (χ1v) is 7.69. The van der Waals surface area contributed by atoms with Gasteiger partial charge in [-0.2, -0.15) is 0 Å². The van der Waals surface area contributed by atoms with Crippen LogP contribution in [-0.4, -0.2) is 93.6 Å². The molecule has 1 atom stereocenters.